The first-order chi connectivity index (χ1) is 55.6. The molecule has 0 unspecified atom stereocenters. The third kappa shape index (κ3) is 20.4. The van der Waals surface area contributed by atoms with E-state index in [1.54, 1.807) is 79.9 Å². The van der Waals surface area contributed by atoms with E-state index >= 15 is 0 Å². The first kappa shape index (κ1) is 80.9. The third-order valence-electron chi connectivity index (χ3n) is 19.6. The highest BCUT2D eigenvalue weighted by Gasteiger charge is 2.33. The summed E-state index contributed by atoms with van der Waals surface area (Å²) < 4.78 is 171. The monoisotopic (exact) mass is 1590 g/mol. The Morgan fingerprint density at radius 1 is 0.362 bits per heavy atom. The summed E-state index contributed by atoms with van der Waals surface area (Å²) in [6.45, 7) is 1.58. The van der Waals surface area contributed by atoms with Crippen molar-refractivity contribution in [2.75, 3.05) is 0 Å². The second-order valence-electron chi connectivity index (χ2n) is 28.2. The van der Waals surface area contributed by atoms with Crippen LogP contribution in [0.1, 0.15) is 166 Å². The van der Waals surface area contributed by atoms with E-state index in [0.717, 1.165) is 86.8 Å². The van der Waals surface area contributed by atoms with E-state index < -0.39 is 82.5 Å². The van der Waals surface area contributed by atoms with Gasteiger partial charge in [-0.15, -0.1) is 13.2 Å². The number of halogens is 11. The van der Waals surface area contributed by atoms with Crippen LogP contribution in [0.3, 0.4) is 0 Å². The highest BCUT2D eigenvalue weighted by Crippen LogP contribution is 2.43. The molecule has 0 amide bonds. The van der Waals surface area contributed by atoms with E-state index in [-0.39, 0.29) is 122 Å². The molecule has 0 radical (unpaired) electrons. The lowest BCUT2D eigenvalue weighted by Gasteiger charge is -2.13. The quantitative estimate of drug-likeness (QED) is 0.0437. The zero-order chi connectivity index (χ0) is 82.2. The molecule has 4 aromatic heterocycles. The van der Waals surface area contributed by atoms with Crippen molar-refractivity contribution in [3.8, 4) is 61.8 Å². The molecule has 26 heteroatoms. The van der Waals surface area contributed by atoms with Crippen molar-refractivity contribution in [3.63, 3.8) is 0 Å². The van der Waals surface area contributed by atoms with Gasteiger partial charge >= 0.3 is 30.2 Å². The number of aromatic nitrogens is 4. The van der Waals surface area contributed by atoms with Crippen molar-refractivity contribution < 1.29 is 102 Å². The van der Waals surface area contributed by atoms with E-state index in [1.165, 1.54) is 91.4 Å². The summed E-state index contributed by atoms with van der Waals surface area (Å²) in [6, 6.07) is 45.0. The summed E-state index contributed by atoms with van der Waals surface area (Å²) in [5.74, 6) is -9.60. The Labute approximate surface area is 656 Å². The summed E-state index contributed by atoms with van der Waals surface area (Å²) in [5, 5.41) is 37.5. The molecule has 15 nitrogen and oxygen atoms in total. The number of ether oxygens (including phenoxy) is 3. The number of benzene rings is 8. The van der Waals surface area contributed by atoms with E-state index in [0.29, 0.717) is 56.4 Å². The van der Waals surface area contributed by atoms with Crippen LogP contribution in [0.5, 0.6) is 17.2 Å². The molecule has 12 aromatic rings. The van der Waals surface area contributed by atoms with Gasteiger partial charge in [-0.05, 0) is 247 Å². The SMILES string of the molecule is Cc1c(-c2ccccc2)cc(F)c(Cc2ncccc2C(=O)O)c1F.O=C(O)c1cc(C2CC2)cnc1Cc1c(F)cc(-c2cccc(OC(F)(F)F)c2)cc1F.O=C(O)c1cc(C2CC2)cnc1Cc1c(F)cc(-c2cccc(OC3CC3)c2)cc1F.O=C(O)c1cccnc1Cc1c(F)cc(-c2cccc(OC3CC3)c2)cc1F. The lowest BCUT2D eigenvalue weighted by Crippen LogP contribution is -2.17. The molecule has 4 N–H and O–H groups in total. The Morgan fingerprint density at radius 2 is 0.698 bits per heavy atom. The lowest BCUT2D eigenvalue weighted by atomic mass is 9.94. The highest BCUT2D eigenvalue weighted by molar-refractivity contribution is 5.91. The molecule has 8 aromatic carbocycles. The van der Waals surface area contributed by atoms with E-state index in [2.05, 4.69) is 24.7 Å². The van der Waals surface area contributed by atoms with Gasteiger partial charge in [0.25, 0.3) is 0 Å². The normalized spacial score (nSPS) is 13.5. The van der Waals surface area contributed by atoms with Gasteiger partial charge in [0, 0.05) is 72.7 Å². The van der Waals surface area contributed by atoms with Crippen LogP contribution in [0.4, 0.5) is 48.3 Å². The lowest BCUT2D eigenvalue weighted by molar-refractivity contribution is -0.274. The Morgan fingerprint density at radius 3 is 1.05 bits per heavy atom. The van der Waals surface area contributed by atoms with E-state index in [9.17, 15) is 87.9 Å². The first-order valence-corrected chi connectivity index (χ1v) is 36.7. The van der Waals surface area contributed by atoms with Crippen molar-refractivity contribution in [2.45, 2.75) is 114 Å². The van der Waals surface area contributed by atoms with Gasteiger partial charge in [-0.2, -0.15) is 0 Å². The van der Waals surface area contributed by atoms with Crippen molar-refractivity contribution in [3.05, 3.63) is 337 Å². The first-order valence-electron chi connectivity index (χ1n) is 36.7. The minimum atomic E-state index is -4.90. The number of carboxylic acid groups (broad SMARTS) is 4. The van der Waals surface area contributed by atoms with Crippen molar-refractivity contribution in [1.82, 2.24) is 19.9 Å². The molecule has 592 valence electrons. The fourth-order valence-electron chi connectivity index (χ4n) is 13.0. The summed E-state index contributed by atoms with van der Waals surface area (Å²) in [4.78, 5) is 62.2. The summed E-state index contributed by atoms with van der Waals surface area (Å²) >= 11 is 0. The smallest absolute Gasteiger partial charge is 0.490 e. The van der Waals surface area contributed by atoms with Gasteiger partial charge in [-0.25, -0.2) is 54.3 Å². The average molecular weight is 1590 g/mol. The fourth-order valence-corrected chi connectivity index (χ4v) is 13.0. The number of hydrogen-bond acceptors (Lipinski definition) is 11. The zero-order valence-corrected chi connectivity index (χ0v) is 61.5. The maximum atomic E-state index is 14.9. The number of pyridine rings is 4. The van der Waals surface area contributed by atoms with Crippen LogP contribution >= 0.6 is 0 Å². The molecule has 4 fully saturated rings. The number of carbonyl (C=O) groups is 4. The predicted octanol–water partition coefficient (Wildman–Crippen LogP) is 21.3. The van der Waals surface area contributed by atoms with Gasteiger partial charge < -0.3 is 34.6 Å². The van der Waals surface area contributed by atoms with Crippen LogP contribution in [-0.2, 0) is 25.7 Å². The van der Waals surface area contributed by atoms with Gasteiger partial charge in [-0.3, -0.25) is 19.9 Å². The Balaban J connectivity index is 0.000000135. The van der Waals surface area contributed by atoms with Gasteiger partial charge in [0.15, 0.2) is 0 Å². The molecule has 0 bridgehead atoms. The van der Waals surface area contributed by atoms with E-state index in [1.807, 2.05) is 18.2 Å². The second kappa shape index (κ2) is 35.1. The van der Waals surface area contributed by atoms with Crippen molar-refractivity contribution in [2.24, 2.45) is 0 Å². The topological polar surface area (TPSA) is 228 Å². The molecule has 0 saturated heterocycles. The number of carboxylic acids is 4. The maximum absolute atomic E-state index is 14.9. The molecule has 0 spiro atoms. The molecule has 0 aliphatic heterocycles. The van der Waals surface area contributed by atoms with Crippen LogP contribution in [-0.4, -0.2) is 82.8 Å². The van der Waals surface area contributed by atoms with Crippen LogP contribution in [0.2, 0.25) is 0 Å². The third-order valence-corrected chi connectivity index (χ3v) is 19.6. The Kier molecular flexibility index (Phi) is 24.5. The van der Waals surface area contributed by atoms with Crippen molar-refractivity contribution in [1.29, 1.82) is 0 Å². The molecule has 0 atom stereocenters. The van der Waals surface area contributed by atoms with Gasteiger partial charge in [0.1, 0.15) is 63.8 Å². The minimum Gasteiger partial charge on any atom is -0.490 e. The number of rotatable bonds is 23. The summed E-state index contributed by atoms with van der Waals surface area (Å²) in [7, 11) is 0. The summed E-state index contributed by atoms with van der Waals surface area (Å²) in [5.41, 5.74) is 4.55. The standard InChI is InChI=1S/C25H21F2NO3.C23H16F5NO3.C22H17F2NO3.C20H15F2NO2/c26-22-10-16(15-2-1-3-19(8-15)31-18-6-7-18)11-23(27)20(22)12-24-21(25(29)30)9-17(13-28-24)14-4-5-14;24-19-8-14(13-2-1-3-16(6-13)32-23(26,27)28)9-20(25)17(19)10-21-18(22(30)31)7-15(11-29-21)12-4-5-12;23-19-10-14(13-3-1-4-16(9-13)28-15-6-7-15)11-20(24)18(19)12-21-17(22(26)27)5-2-8-25-21;1-12-15(13-6-3-2-4-7-13)10-17(21)16(19(12)22)11-18-14(20(24)25)8-5-9-23-18/h1-3,8-11,13-14,18H,4-7,12H2,(H,29,30);1-3,6-9,11-12H,4-5,10H2,(H,30,31);1-5,8-11,15H,6-7,12H2,(H,26,27);2-10H,11H2,1H3,(H,24,25). The molecular formula is C90H69F11N4O11. The molecule has 116 heavy (non-hydrogen) atoms. The molecule has 4 aliphatic carbocycles. The van der Waals surface area contributed by atoms with Crippen LogP contribution in [0.15, 0.2) is 207 Å². The molecule has 4 aliphatic rings. The van der Waals surface area contributed by atoms with Gasteiger partial charge in [0.2, 0.25) is 0 Å². The van der Waals surface area contributed by atoms with Crippen LogP contribution in [0.25, 0.3) is 44.5 Å². The number of aromatic carboxylic acids is 4. The highest BCUT2D eigenvalue weighted by atomic mass is 19.4. The number of nitrogens with zero attached hydrogens (tertiary/aromatic N) is 4. The molecule has 16 rings (SSSR count). The zero-order valence-electron chi connectivity index (χ0n) is 61.5. The maximum Gasteiger partial charge on any atom is 0.573 e. The van der Waals surface area contributed by atoms with Gasteiger partial charge in [0.05, 0.1) is 57.2 Å². The van der Waals surface area contributed by atoms with E-state index in [4.69, 9.17) is 9.47 Å². The van der Waals surface area contributed by atoms with Crippen LogP contribution in [0, 0.1) is 53.5 Å². The van der Waals surface area contributed by atoms with Crippen molar-refractivity contribution >= 4 is 23.9 Å². The predicted molar refractivity (Wildman–Crippen MR) is 406 cm³/mol. The molecule has 4 saturated carbocycles. The second-order valence-corrected chi connectivity index (χ2v) is 28.2. The largest absolute Gasteiger partial charge is 0.573 e. The number of hydrogen-bond donors (Lipinski definition) is 4. The Hall–Kier alpha value is -13.1. The van der Waals surface area contributed by atoms with Gasteiger partial charge in [-0.1, -0.05) is 66.7 Å². The Bertz CT molecular complexity index is 5670. The minimum absolute atomic E-state index is 0.00259. The molecular weight excluding hydrogens is 1520 g/mol. The molecule has 4 heterocycles. The average Bonchev–Trinajstić information content (AvgIpc) is 1.12. The summed E-state index contributed by atoms with van der Waals surface area (Å²) in [6.07, 6.45) is 8.43. The fraction of sp³-hybridized carbons (Fsp3) is 0.200. The van der Waals surface area contributed by atoms with Crippen LogP contribution < -0.4 is 14.2 Å². The number of alkyl halides is 3.